The van der Waals surface area contributed by atoms with E-state index in [0.29, 0.717) is 12.3 Å². The van der Waals surface area contributed by atoms with E-state index in [9.17, 15) is 31.1 Å². The molecular weight excluding hydrogens is 382 g/mol. The monoisotopic (exact) mass is 390 g/mol. The smallest absolute Gasteiger partial charge is 0.449 e. The summed E-state index contributed by atoms with van der Waals surface area (Å²) in [6, 6.07) is 0.457. The number of allylic oxidation sites excluding steroid dienone is 1. The van der Waals surface area contributed by atoms with Crippen molar-refractivity contribution in [2.24, 2.45) is 4.99 Å². The fraction of sp³-hybridized carbons (Fsp3) is 0.308. The lowest BCUT2D eigenvalue weighted by molar-refractivity contribution is -0.141. The van der Waals surface area contributed by atoms with Crippen molar-refractivity contribution in [2.75, 3.05) is 6.61 Å². The second kappa shape index (κ2) is 7.72. The Morgan fingerprint density at radius 3 is 2.40 bits per heavy atom. The molecule has 0 amide bonds. The molecule has 0 radical (unpaired) electrons. The van der Waals surface area contributed by atoms with E-state index in [0.717, 1.165) is 0 Å². The maximum Gasteiger partial charge on any atom is 0.449 e. The summed E-state index contributed by atoms with van der Waals surface area (Å²) in [7, 11) is 0. The number of aliphatic imine (C=N–C) groups is 1. The molecule has 1 aromatic heterocycles. The zero-order valence-electron chi connectivity index (χ0n) is 12.2. The molecule has 0 saturated carbocycles. The Morgan fingerprint density at radius 1 is 1.36 bits per heavy atom. The molecule has 5 nitrogen and oxygen atoms in total. The summed E-state index contributed by atoms with van der Waals surface area (Å²) in [5.41, 5.74) is -2.55. The maximum absolute atomic E-state index is 12.5. The molecule has 0 aliphatic carbocycles. The van der Waals surface area contributed by atoms with Gasteiger partial charge in [0, 0.05) is 12.4 Å². The number of aliphatic hydroxyl groups is 1. The van der Waals surface area contributed by atoms with Crippen LogP contribution in [-0.2, 0) is 15.7 Å². The van der Waals surface area contributed by atoms with Gasteiger partial charge in [0.25, 0.3) is 0 Å². The standard InChI is InChI=1S/C13H9ClF6N2O3/c1-2-25-11(24)7(9(23)13(18,19)20)5-22-10-8(14)3-6(4-21-10)12(15,16)17/h3-5,23H,2H2,1H3. The highest BCUT2D eigenvalue weighted by molar-refractivity contribution is 6.32. The number of ether oxygens (including phenoxy) is 1. The Kier molecular flexibility index (Phi) is 6.41. The fourth-order valence-corrected chi connectivity index (χ4v) is 1.59. The topological polar surface area (TPSA) is 71.8 Å². The van der Waals surface area contributed by atoms with Gasteiger partial charge in [-0.25, -0.2) is 14.8 Å². The molecule has 138 valence electrons. The van der Waals surface area contributed by atoms with Crippen LogP contribution in [0, 0.1) is 0 Å². The molecule has 0 spiro atoms. The Hall–Kier alpha value is -2.30. The predicted molar refractivity (Wildman–Crippen MR) is 74.7 cm³/mol. The lowest BCUT2D eigenvalue weighted by atomic mass is 10.2. The van der Waals surface area contributed by atoms with Crippen LogP contribution in [0.5, 0.6) is 0 Å². The summed E-state index contributed by atoms with van der Waals surface area (Å²) in [5.74, 6) is -4.41. The molecule has 1 rings (SSSR count). The molecule has 1 heterocycles. The number of esters is 1. The molecular formula is C13H9ClF6N2O3. The third-order valence-electron chi connectivity index (χ3n) is 2.48. The minimum absolute atomic E-state index is 0.252. The van der Waals surface area contributed by atoms with Gasteiger partial charge in [0.1, 0.15) is 5.57 Å². The van der Waals surface area contributed by atoms with Crippen LogP contribution in [0.4, 0.5) is 32.2 Å². The quantitative estimate of drug-likeness (QED) is 0.272. The molecule has 0 aromatic carbocycles. The van der Waals surface area contributed by atoms with Gasteiger partial charge < -0.3 is 9.84 Å². The number of carbonyl (C=O) groups is 1. The van der Waals surface area contributed by atoms with Gasteiger partial charge in [-0.05, 0) is 13.0 Å². The van der Waals surface area contributed by atoms with Crippen LogP contribution in [0.1, 0.15) is 12.5 Å². The van der Waals surface area contributed by atoms with E-state index in [1.165, 1.54) is 6.92 Å². The van der Waals surface area contributed by atoms with Gasteiger partial charge in [-0.15, -0.1) is 0 Å². The molecule has 25 heavy (non-hydrogen) atoms. The molecule has 0 aliphatic rings. The Balaban J connectivity index is 3.28. The number of nitrogens with zero attached hydrogens (tertiary/aromatic N) is 2. The van der Waals surface area contributed by atoms with E-state index in [1.807, 2.05) is 0 Å². The zero-order valence-corrected chi connectivity index (χ0v) is 13.0. The Morgan fingerprint density at radius 2 is 1.96 bits per heavy atom. The molecule has 0 atom stereocenters. The van der Waals surface area contributed by atoms with Crippen molar-refractivity contribution in [1.29, 1.82) is 0 Å². The highest BCUT2D eigenvalue weighted by Crippen LogP contribution is 2.33. The van der Waals surface area contributed by atoms with Crippen LogP contribution in [-0.4, -0.2) is 35.1 Å². The van der Waals surface area contributed by atoms with Crippen molar-refractivity contribution in [3.8, 4) is 0 Å². The van der Waals surface area contributed by atoms with Crippen LogP contribution < -0.4 is 0 Å². The second-order valence-corrected chi connectivity index (χ2v) is 4.67. The van der Waals surface area contributed by atoms with Crippen molar-refractivity contribution in [2.45, 2.75) is 19.3 Å². The number of aromatic nitrogens is 1. The first kappa shape index (κ1) is 20.7. The number of carbonyl (C=O) groups excluding carboxylic acids is 1. The third-order valence-corrected chi connectivity index (χ3v) is 2.76. The first-order valence-electron chi connectivity index (χ1n) is 6.32. The summed E-state index contributed by atoms with van der Waals surface area (Å²) in [6.45, 7) is 1.02. The Bertz CT molecular complexity index is 713. The van der Waals surface area contributed by atoms with Crippen LogP contribution >= 0.6 is 11.6 Å². The lowest BCUT2D eigenvalue weighted by Crippen LogP contribution is -2.20. The number of rotatable bonds is 4. The molecule has 1 aromatic rings. The van der Waals surface area contributed by atoms with Gasteiger partial charge in [-0.3, -0.25) is 0 Å². The van der Waals surface area contributed by atoms with E-state index in [2.05, 4.69) is 14.7 Å². The summed E-state index contributed by atoms with van der Waals surface area (Å²) >= 11 is 5.54. The Labute approximate surface area is 141 Å². The van der Waals surface area contributed by atoms with Gasteiger partial charge in [-0.2, -0.15) is 26.3 Å². The number of halogens is 7. The number of pyridine rings is 1. The number of aliphatic hydroxyl groups excluding tert-OH is 1. The first-order valence-corrected chi connectivity index (χ1v) is 6.70. The van der Waals surface area contributed by atoms with Crippen molar-refractivity contribution >= 4 is 29.6 Å². The van der Waals surface area contributed by atoms with Gasteiger partial charge in [0.2, 0.25) is 5.76 Å². The van der Waals surface area contributed by atoms with Crippen LogP contribution in [0.25, 0.3) is 0 Å². The summed E-state index contributed by atoms with van der Waals surface area (Å²) < 4.78 is 79.4. The van der Waals surface area contributed by atoms with Gasteiger partial charge >= 0.3 is 18.3 Å². The first-order chi connectivity index (χ1) is 11.4. The normalized spacial score (nSPS) is 13.8. The lowest BCUT2D eigenvalue weighted by Gasteiger charge is -2.09. The molecule has 0 fully saturated rings. The molecule has 0 unspecified atom stereocenters. The van der Waals surface area contributed by atoms with Crippen molar-refractivity contribution in [1.82, 2.24) is 4.98 Å². The summed E-state index contributed by atoms with van der Waals surface area (Å²) in [4.78, 5) is 18.1. The van der Waals surface area contributed by atoms with Crippen LogP contribution in [0.2, 0.25) is 5.02 Å². The van der Waals surface area contributed by atoms with Crippen molar-refractivity contribution in [3.05, 3.63) is 34.2 Å². The average molecular weight is 391 g/mol. The largest absolute Gasteiger partial charge is 0.504 e. The van der Waals surface area contributed by atoms with Gasteiger partial charge in [-0.1, -0.05) is 11.6 Å². The van der Waals surface area contributed by atoms with E-state index in [-0.39, 0.29) is 12.8 Å². The highest BCUT2D eigenvalue weighted by atomic mass is 35.5. The summed E-state index contributed by atoms with van der Waals surface area (Å²) in [6.07, 6.45) is -9.40. The molecule has 0 aliphatic heterocycles. The molecule has 1 N–H and O–H groups in total. The predicted octanol–water partition coefficient (Wildman–Crippen LogP) is 4.39. The minimum Gasteiger partial charge on any atom is -0.504 e. The number of alkyl halides is 6. The molecule has 0 bridgehead atoms. The van der Waals surface area contributed by atoms with E-state index >= 15 is 0 Å². The minimum atomic E-state index is -5.27. The fourth-order valence-electron chi connectivity index (χ4n) is 1.38. The van der Waals surface area contributed by atoms with Crippen LogP contribution in [0.15, 0.2) is 28.6 Å². The van der Waals surface area contributed by atoms with Crippen LogP contribution in [0.3, 0.4) is 0 Å². The van der Waals surface area contributed by atoms with E-state index < -0.39 is 46.1 Å². The zero-order chi connectivity index (χ0) is 19.4. The van der Waals surface area contributed by atoms with Gasteiger partial charge in [0.15, 0.2) is 5.82 Å². The number of hydrogen-bond donors (Lipinski definition) is 1. The SMILES string of the molecule is CCOC(=O)C(C=Nc1ncc(C(F)(F)F)cc1Cl)=C(O)C(F)(F)F. The van der Waals surface area contributed by atoms with Crippen molar-refractivity contribution < 1.29 is 41.0 Å². The molecule has 12 heteroatoms. The van der Waals surface area contributed by atoms with Gasteiger partial charge in [0.05, 0.1) is 17.2 Å². The second-order valence-electron chi connectivity index (χ2n) is 4.27. The van der Waals surface area contributed by atoms with Crippen molar-refractivity contribution in [3.63, 3.8) is 0 Å². The average Bonchev–Trinajstić information content (AvgIpc) is 2.46. The maximum atomic E-state index is 12.5. The van der Waals surface area contributed by atoms with E-state index in [1.54, 1.807) is 0 Å². The third kappa shape index (κ3) is 5.62. The summed E-state index contributed by atoms with van der Waals surface area (Å²) in [5, 5.41) is 8.48. The number of hydrogen-bond acceptors (Lipinski definition) is 5. The highest BCUT2D eigenvalue weighted by Gasteiger charge is 2.38. The van der Waals surface area contributed by atoms with E-state index in [4.69, 9.17) is 16.7 Å². The molecule has 0 saturated heterocycles.